The molecule has 1 heterocycles. The molecule has 3 N–H and O–H groups in total. The van der Waals surface area contributed by atoms with Crippen LogP contribution in [-0.2, 0) is 22.5 Å². The number of hydrogen-bond donors (Lipinski definition) is 3. The Hall–Kier alpha value is -4.67. The molecule has 0 aliphatic carbocycles. The van der Waals surface area contributed by atoms with E-state index in [1.54, 1.807) is 32.4 Å². The number of nitrogens with one attached hydrogen (secondary N) is 1. The number of methoxy groups -OCH3 is 3. The highest BCUT2D eigenvalue weighted by atomic mass is 19.1. The first-order chi connectivity index (χ1) is 22.6. The monoisotopic (exact) mass is 646 g/mol. The summed E-state index contributed by atoms with van der Waals surface area (Å²) in [5.74, 6) is -0.130. The van der Waals surface area contributed by atoms with Gasteiger partial charge in [-0.15, -0.1) is 0 Å². The normalized spacial score (nSPS) is 12.4. The minimum absolute atomic E-state index is 0.0203. The first-order valence-corrected chi connectivity index (χ1v) is 15.6. The molecule has 3 aromatic carbocycles. The lowest BCUT2D eigenvalue weighted by molar-refractivity contribution is -0.143. The zero-order valence-electron chi connectivity index (χ0n) is 27.5. The Morgan fingerprint density at radius 1 is 0.851 bits per heavy atom. The van der Waals surface area contributed by atoms with Crippen LogP contribution in [-0.4, -0.2) is 60.2 Å². The third-order valence-electron chi connectivity index (χ3n) is 8.02. The van der Waals surface area contributed by atoms with Crippen LogP contribution in [0, 0.1) is 5.82 Å². The van der Waals surface area contributed by atoms with E-state index in [1.807, 2.05) is 60.9 Å². The van der Waals surface area contributed by atoms with Gasteiger partial charge in [0.15, 0.2) is 11.5 Å². The molecule has 10 heteroatoms. The summed E-state index contributed by atoms with van der Waals surface area (Å²) in [7, 11) is 4.36. The van der Waals surface area contributed by atoms with E-state index in [0.29, 0.717) is 34.7 Å². The van der Waals surface area contributed by atoms with Gasteiger partial charge in [0.2, 0.25) is 0 Å². The van der Waals surface area contributed by atoms with Crippen LogP contribution >= 0.6 is 0 Å². The van der Waals surface area contributed by atoms with Crippen LogP contribution in [0.3, 0.4) is 0 Å². The van der Waals surface area contributed by atoms with Crippen LogP contribution in [0.15, 0.2) is 72.8 Å². The molecular weight excluding hydrogens is 603 g/mol. The number of amides is 1. The molecular formula is C37H43FN2O7. The average Bonchev–Trinajstić information content (AvgIpc) is 3.42. The van der Waals surface area contributed by atoms with Crippen molar-refractivity contribution in [1.29, 1.82) is 0 Å². The van der Waals surface area contributed by atoms with Crippen molar-refractivity contribution in [2.24, 2.45) is 0 Å². The summed E-state index contributed by atoms with van der Waals surface area (Å²) in [4.78, 5) is 25.9. The zero-order valence-corrected chi connectivity index (χ0v) is 27.5. The van der Waals surface area contributed by atoms with Gasteiger partial charge in [0, 0.05) is 29.4 Å². The van der Waals surface area contributed by atoms with Gasteiger partial charge in [-0.25, -0.2) is 4.39 Å². The number of esters is 1. The van der Waals surface area contributed by atoms with Crippen LogP contribution < -0.4 is 14.8 Å². The smallest absolute Gasteiger partial charge is 0.308 e. The Labute approximate surface area is 274 Å². The van der Waals surface area contributed by atoms with Crippen LogP contribution in [0.1, 0.15) is 60.9 Å². The molecule has 1 amide bonds. The molecule has 0 bridgehead atoms. The van der Waals surface area contributed by atoms with Gasteiger partial charge in [0.05, 0.1) is 40.0 Å². The lowest BCUT2D eigenvalue weighted by Gasteiger charge is -2.20. The molecule has 9 nitrogen and oxygen atoms in total. The topological polar surface area (TPSA) is 119 Å². The molecule has 0 saturated heterocycles. The number of rotatable bonds is 15. The highest BCUT2D eigenvalue weighted by molar-refractivity contribution is 6.05. The Morgan fingerprint density at radius 2 is 1.51 bits per heavy atom. The van der Waals surface area contributed by atoms with Crippen molar-refractivity contribution in [1.82, 2.24) is 9.88 Å². The van der Waals surface area contributed by atoms with Gasteiger partial charge < -0.3 is 34.3 Å². The molecule has 0 spiro atoms. The number of carbonyl (C=O) groups excluding carboxylic acids is 2. The predicted octanol–water partition coefficient (Wildman–Crippen LogP) is 6.10. The van der Waals surface area contributed by atoms with Gasteiger partial charge >= 0.3 is 5.97 Å². The third-order valence-corrected chi connectivity index (χ3v) is 8.02. The molecule has 1 aromatic heterocycles. The number of aromatic nitrogens is 1. The van der Waals surface area contributed by atoms with E-state index in [-0.39, 0.29) is 43.6 Å². The summed E-state index contributed by atoms with van der Waals surface area (Å²) >= 11 is 0. The maximum absolute atomic E-state index is 14.3. The van der Waals surface area contributed by atoms with E-state index in [2.05, 4.69) is 10.1 Å². The summed E-state index contributed by atoms with van der Waals surface area (Å²) in [6.45, 7) is 4.18. The van der Waals surface area contributed by atoms with Gasteiger partial charge in [-0.2, -0.15) is 0 Å². The SMILES string of the molecule is COC(=O)C[C@H](O)C[C@H](O)CCc1c(-c2ccc(F)cc2)c(-c2ccccc2)c(C(=O)NCc2ccc(OC)c(OC)c2)n1C(C)C. The first kappa shape index (κ1) is 35.2. The number of aliphatic hydroxyl groups is 2. The summed E-state index contributed by atoms with van der Waals surface area (Å²) in [6.07, 6.45) is -1.67. The molecule has 0 unspecified atom stereocenters. The summed E-state index contributed by atoms with van der Waals surface area (Å²) in [5, 5.41) is 24.3. The van der Waals surface area contributed by atoms with Crippen molar-refractivity contribution >= 4 is 11.9 Å². The van der Waals surface area contributed by atoms with Crippen molar-refractivity contribution in [3.05, 3.63) is 95.6 Å². The quantitative estimate of drug-likeness (QED) is 0.134. The fourth-order valence-electron chi connectivity index (χ4n) is 5.84. The molecule has 4 rings (SSSR count). The second-order valence-corrected chi connectivity index (χ2v) is 11.6. The molecule has 0 radical (unpaired) electrons. The van der Waals surface area contributed by atoms with E-state index in [9.17, 15) is 24.2 Å². The van der Waals surface area contributed by atoms with E-state index < -0.39 is 18.2 Å². The van der Waals surface area contributed by atoms with E-state index in [0.717, 1.165) is 22.4 Å². The van der Waals surface area contributed by atoms with Gasteiger partial charge in [-0.05, 0) is 74.1 Å². The van der Waals surface area contributed by atoms with Crippen LogP contribution in [0.5, 0.6) is 11.5 Å². The fraction of sp³-hybridized carbons (Fsp3) is 0.351. The Kier molecular flexibility index (Phi) is 12.2. The highest BCUT2D eigenvalue weighted by Gasteiger charge is 2.30. The highest BCUT2D eigenvalue weighted by Crippen LogP contribution is 2.42. The number of ether oxygens (including phenoxy) is 3. The van der Waals surface area contributed by atoms with Gasteiger partial charge in [0.25, 0.3) is 5.91 Å². The molecule has 0 aliphatic rings. The zero-order chi connectivity index (χ0) is 34.1. The molecule has 47 heavy (non-hydrogen) atoms. The number of halogens is 1. The minimum atomic E-state index is -1.07. The summed E-state index contributed by atoms with van der Waals surface area (Å²) < 4.78 is 31.5. The molecule has 0 fully saturated rings. The van der Waals surface area contributed by atoms with Crippen molar-refractivity contribution in [3.63, 3.8) is 0 Å². The van der Waals surface area contributed by atoms with Crippen LogP contribution in [0.25, 0.3) is 22.3 Å². The van der Waals surface area contributed by atoms with Crippen molar-refractivity contribution in [3.8, 4) is 33.8 Å². The summed E-state index contributed by atoms with van der Waals surface area (Å²) in [6, 6.07) is 21.0. The maximum Gasteiger partial charge on any atom is 0.308 e. The number of hydrogen-bond acceptors (Lipinski definition) is 7. The largest absolute Gasteiger partial charge is 0.493 e. The Bertz CT molecular complexity index is 1650. The van der Waals surface area contributed by atoms with Gasteiger partial charge in [-0.1, -0.05) is 48.5 Å². The van der Waals surface area contributed by atoms with E-state index in [1.165, 1.54) is 19.2 Å². The fourth-order valence-corrected chi connectivity index (χ4v) is 5.84. The summed E-state index contributed by atoms with van der Waals surface area (Å²) in [5.41, 5.74) is 4.98. The van der Waals surface area contributed by atoms with Gasteiger partial charge in [-0.3, -0.25) is 9.59 Å². The number of carbonyl (C=O) groups is 2. The van der Waals surface area contributed by atoms with E-state index in [4.69, 9.17) is 9.47 Å². The van der Waals surface area contributed by atoms with Gasteiger partial charge in [0.1, 0.15) is 11.5 Å². The lowest BCUT2D eigenvalue weighted by Crippen LogP contribution is -2.27. The predicted molar refractivity (Wildman–Crippen MR) is 178 cm³/mol. The van der Waals surface area contributed by atoms with E-state index >= 15 is 0 Å². The van der Waals surface area contributed by atoms with Crippen molar-refractivity contribution < 1.29 is 38.4 Å². The standard InChI is InChI=1S/C37H43FN2O7/c1-23(2)40-30(17-16-28(41)20-29(42)21-33(43)47-5)34(26-12-14-27(38)15-13-26)35(25-9-7-6-8-10-25)36(40)37(44)39-22-24-11-18-31(45-3)32(19-24)46-4/h6-15,18-19,23,28-29,41-42H,16-17,20-22H2,1-5H3,(H,39,44)/t28-,29-/m1/s1. The molecule has 250 valence electrons. The van der Waals surface area contributed by atoms with Crippen LogP contribution in [0.4, 0.5) is 4.39 Å². The Morgan fingerprint density at radius 3 is 2.13 bits per heavy atom. The molecule has 0 saturated carbocycles. The molecule has 4 aromatic rings. The molecule has 2 atom stereocenters. The second kappa shape index (κ2) is 16.2. The second-order valence-electron chi connectivity index (χ2n) is 11.6. The lowest BCUT2D eigenvalue weighted by atomic mass is 9.92. The number of aliphatic hydroxyl groups excluding tert-OH is 2. The first-order valence-electron chi connectivity index (χ1n) is 15.6. The Balaban J connectivity index is 1.81. The third kappa shape index (κ3) is 8.58. The number of nitrogens with zero attached hydrogens (tertiary/aromatic N) is 1. The van der Waals surface area contributed by atoms with Crippen LogP contribution in [0.2, 0.25) is 0 Å². The molecule has 0 aliphatic heterocycles. The minimum Gasteiger partial charge on any atom is -0.493 e. The number of benzene rings is 3. The maximum atomic E-state index is 14.3. The van der Waals surface area contributed by atoms with Crippen molar-refractivity contribution in [2.45, 2.75) is 64.3 Å². The van der Waals surface area contributed by atoms with Crippen molar-refractivity contribution in [2.75, 3.05) is 21.3 Å². The average molecular weight is 647 g/mol.